The van der Waals surface area contributed by atoms with Gasteiger partial charge in [0.15, 0.2) is 0 Å². The third kappa shape index (κ3) is 5.46. The molecule has 5 rings (SSSR count). The molecule has 0 spiro atoms. The molecule has 1 amide bonds. The number of para-hydroxylation sites is 1. The van der Waals surface area contributed by atoms with E-state index in [-0.39, 0.29) is 30.3 Å². The maximum Gasteiger partial charge on any atom is 0.221 e. The van der Waals surface area contributed by atoms with Crippen LogP contribution in [0.15, 0.2) is 71.7 Å². The van der Waals surface area contributed by atoms with Crippen molar-refractivity contribution in [1.29, 1.82) is 0 Å². The van der Waals surface area contributed by atoms with Crippen molar-refractivity contribution in [3.05, 3.63) is 88.5 Å². The largest absolute Gasteiger partial charge is 0.353 e. The van der Waals surface area contributed by atoms with E-state index < -0.39 is 0 Å². The van der Waals surface area contributed by atoms with Crippen molar-refractivity contribution < 1.29 is 4.79 Å². The van der Waals surface area contributed by atoms with Crippen molar-refractivity contribution in [1.82, 2.24) is 20.2 Å². The molecule has 3 heterocycles. The zero-order valence-electron chi connectivity index (χ0n) is 18.4. The number of piperidine rings is 1. The van der Waals surface area contributed by atoms with Gasteiger partial charge in [-0.1, -0.05) is 48.5 Å². The molecule has 172 valence electrons. The normalized spacial score (nSPS) is 15.2. The highest BCUT2D eigenvalue weighted by atomic mass is 35.5. The number of hydrogen-bond acceptors (Lipinski definition) is 4. The van der Waals surface area contributed by atoms with Crippen LogP contribution >= 0.6 is 23.7 Å². The molecule has 1 aliphatic heterocycles. The Kier molecular flexibility index (Phi) is 7.81. The first kappa shape index (κ1) is 23.5. The summed E-state index contributed by atoms with van der Waals surface area (Å²) in [7, 11) is 0. The molecule has 0 radical (unpaired) electrons. The summed E-state index contributed by atoms with van der Waals surface area (Å²) >= 11 is 1.58. The molecule has 0 aliphatic carbocycles. The summed E-state index contributed by atoms with van der Waals surface area (Å²) in [6.07, 6.45) is 4.61. The molecular formula is C26H29ClN4OS. The van der Waals surface area contributed by atoms with Crippen LogP contribution in [0.3, 0.4) is 0 Å². The fourth-order valence-corrected chi connectivity index (χ4v) is 5.28. The number of benzene rings is 2. The number of hydrogen-bond donors (Lipinski definition) is 2. The SMILES string of the molecule is Cl.O=C(CC(c1cscn1)c1cn(Cc2ccccc2)c2ccccc12)NC1CCNCC1. The van der Waals surface area contributed by atoms with E-state index in [1.807, 2.05) is 11.6 Å². The van der Waals surface area contributed by atoms with E-state index >= 15 is 0 Å². The van der Waals surface area contributed by atoms with Gasteiger partial charge in [-0.15, -0.1) is 23.7 Å². The van der Waals surface area contributed by atoms with Gasteiger partial charge in [-0.3, -0.25) is 4.79 Å². The minimum atomic E-state index is -0.0649. The van der Waals surface area contributed by atoms with Gasteiger partial charge in [0, 0.05) is 47.4 Å². The smallest absolute Gasteiger partial charge is 0.221 e. The molecular weight excluding hydrogens is 452 g/mol. The Morgan fingerprint density at radius 3 is 2.64 bits per heavy atom. The summed E-state index contributed by atoms with van der Waals surface area (Å²) in [4.78, 5) is 17.7. The lowest BCUT2D eigenvalue weighted by Gasteiger charge is -2.24. The van der Waals surface area contributed by atoms with E-state index in [9.17, 15) is 4.79 Å². The number of carbonyl (C=O) groups is 1. The highest BCUT2D eigenvalue weighted by molar-refractivity contribution is 7.07. The minimum Gasteiger partial charge on any atom is -0.353 e. The van der Waals surface area contributed by atoms with Gasteiger partial charge in [0.1, 0.15) is 0 Å². The number of nitrogens with zero attached hydrogens (tertiary/aromatic N) is 2. The van der Waals surface area contributed by atoms with Gasteiger partial charge in [0.05, 0.1) is 11.2 Å². The molecule has 4 aromatic rings. The lowest BCUT2D eigenvalue weighted by atomic mass is 9.92. The zero-order chi connectivity index (χ0) is 21.8. The molecule has 0 saturated carbocycles. The topological polar surface area (TPSA) is 59.0 Å². The van der Waals surface area contributed by atoms with Gasteiger partial charge in [0.25, 0.3) is 0 Å². The van der Waals surface area contributed by atoms with Gasteiger partial charge in [0.2, 0.25) is 5.91 Å². The van der Waals surface area contributed by atoms with Crippen LogP contribution in [0.4, 0.5) is 0 Å². The first-order valence-electron chi connectivity index (χ1n) is 11.3. The highest BCUT2D eigenvalue weighted by Gasteiger charge is 2.25. The quantitative estimate of drug-likeness (QED) is 0.393. The molecule has 7 heteroatoms. The molecule has 1 saturated heterocycles. The Balaban J connectivity index is 0.00000259. The van der Waals surface area contributed by atoms with E-state index in [1.54, 1.807) is 11.3 Å². The van der Waals surface area contributed by atoms with Gasteiger partial charge < -0.3 is 15.2 Å². The highest BCUT2D eigenvalue weighted by Crippen LogP contribution is 2.35. The van der Waals surface area contributed by atoms with Crippen LogP contribution in [0.5, 0.6) is 0 Å². The Bertz CT molecular complexity index is 1170. The maximum absolute atomic E-state index is 13.1. The van der Waals surface area contributed by atoms with Crippen LogP contribution in [0.25, 0.3) is 10.9 Å². The minimum absolute atomic E-state index is 0. The first-order valence-corrected chi connectivity index (χ1v) is 12.2. The Labute approximate surface area is 204 Å². The fraction of sp³-hybridized carbons (Fsp3) is 0.308. The van der Waals surface area contributed by atoms with Crippen LogP contribution in [-0.2, 0) is 11.3 Å². The summed E-state index contributed by atoms with van der Waals surface area (Å²) in [6.45, 7) is 2.73. The van der Waals surface area contributed by atoms with Crippen molar-refractivity contribution in [2.45, 2.75) is 37.8 Å². The predicted octanol–water partition coefficient (Wildman–Crippen LogP) is 4.96. The number of aromatic nitrogens is 2. The lowest BCUT2D eigenvalue weighted by molar-refractivity contribution is -0.122. The van der Waals surface area contributed by atoms with Crippen molar-refractivity contribution in [2.75, 3.05) is 13.1 Å². The van der Waals surface area contributed by atoms with Crippen LogP contribution in [0.2, 0.25) is 0 Å². The third-order valence-electron chi connectivity index (χ3n) is 6.29. The van der Waals surface area contributed by atoms with E-state index in [2.05, 4.69) is 80.3 Å². The molecule has 2 aromatic carbocycles. The second-order valence-corrected chi connectivity index (χ2v) is 9.20. The predicted molar refractivity (Wildman–Crippen MR) is 137 cm³/mol. The average molecular weight is 481 g/mol. The number of fused-ring (bicyclic) bond motifs is 1. The van der Waals surface area contributed by atoms with Crippen LogP contribution in [0, 0.1) is 0 Å². The fourth-order valence-electron chi connectivity index (χ4n) is 4.67. The number of carbonyl (C=O) groups excluding carboxylic acids is 1. The second kappa shape index (κ2) is 11.0. The van der Waals surface area contributed by atoms with Gasteiger partial charge >= 0.3 is 0 Å². The molecule has 5 nitrogen and oxygen atoms in total. The zero-order valence-corrected chi connectivity index (χ0v) is 20.1. The van der Waals surface area contributed by atoms with Gasteiger partial charge in [-0.25, -0.2) is 4.98 Å². The molecule has 2 aromatic heterocycles. The Morgan fingerprint density at radius 2 is 1.88 bits per heavy atom. The number of rotatable bonds is 7. The molecule has 1 atom stereocenters. The van der Waals surface area contributed by atoms with E-state index in [1.165, 1.54) is 22.0 Å². The van der Waals surface area contributed by atoms with Crippen molar-refractivity contribution in [3.63, 3.8) is 0 Å². The summed E-state index contributed by atoms with van der Waals surface area (Å²) in [5.74, 6) is 0.0414. The Morgan fingerprint density at radius 1 is 1.12 bits per heavy atom. The second-order valence-electron chi connectivity index (χ2n) is 8.48. The van der Waals surface area contributed by atoms with Crippen molar-refractivity contribution >= 4 is 40.6 Å². The first-order chi connectivity index (χ1) is 15.8. The monoisotopic (exact) mass is 480 g/mol. The van der Waals surface area contributed by atoms with E-state index in [4.69, 9.17) is 0 Å². The average Bonchev–Trinajstić information content (AvgIpc) is 3.48. The van der Waals surface area contributed by atoms with Crippen LogP contribution in [0.1, 0.15) is 42.0 Å². The number of nitrogens with one attached hydrogen (secondary N) is 2. The van der Waals surface area contributed by atoms with E-state index in [0.717, 1.165) is 38.2 Å². The number of amides is 1. The summed E-state index contributed by atoms with van der Waals surface area (Å²) in [5, 5.41) is 9.89. The summed E-state index contributed by atoms with van der Waals surface area (Å²) in [6, 6.07) is 19.2. The summed E-state index contributed by atoms with van der Waals surface area (Å²) in [5.41, 5.74) is 6.44. The standard InChI is InChI=1S/C26H28N4OS.ClH/c31-26(29-20-10-12-27-13-11-20)14-22(24-17-32-18-28-24)23-16-30(15-19-6-2-1-3-7-19)25-9-5-4-8-21(23)25;/h1-9,16-18,20,22,27H,10-15H2,(H,29,31);1H. The third-order valence-corrected chi connectivity index (χ3v) is 6.90. The van der Waals surface area contributed by atoms with E-state index in [0.29, 0.717) is 6.42 Å². The lowest BCUT2D eigenvalue weighted by Crippen LogP contribution is -2.43. The summed E-state index contributed by atoms with van der Waals surface area (Å²) < 4.78 is 2.30. The molecule has 1 fully saturated rings. The Hall–Kier alpha value is -2.67. The van der Waals surface area contributed by atoms with Gasteiger partial charge in [-0.05, 0) is 43.1 Å². The van der Waals surface area contributed by atoms with Crippen molar-refractivity contribution in [3.8, 4) is 0 Å². The maximum atomic E-state index is 13.1. The molecule has 0 bridgehead atoms. The van der Waals surface area contributed by atoms with Crippen LogP contribution < -0.4 is 10.6 Å². The van der Waals surface area contributed by atoms with Crippen molar-refractivity contribution in [2.24, 2.45) is 0 Å². The van der Waals surface area contributed by atoms with Crippen LogP contribution in [-0.4, -0.2) is 34.6 Å². The molecule has 1 aliphatic rings. The van der Waals surface area contributed by atoms with Gasteiger partial charge in [-0.2, -0.15) is 0 Å². The number of thiazole rings is 1. The number of halogens is 1. The molecule has 1 unspecified atom stereocenters. The molecule has 2 N–H and O–H groups in total. The molecule has 33 heavy (non-hydrogen) atoms.